The minimum atomic E-state index is -0.211. The lowest BCUT2D eigenvalue weighted by Crippen LogP contribution is -2.12. The summed E-state index contributed by atoms with van der Waals surface area (Å²) in [6, 6.07) is 20.9. The third-order valence-electron chi connectivity index (χ3n) is 5.16. The van der Waals surface area contributed by atoms with Gasteiger partial charge >= 0.3 is 0 Å². The van der Waals surface area contributed by atoms with Crippen molar-refractivity contribution in [3.8, 4) is 40.3 Å². The van der Waals surface area contributed by atoms with Crippen LogP contribution in [0.1, 0.15) is 17.5 Å². The summed E-state index contributed by atoms with van der Waals surface area (Å²) in [6.45, 7) is 0. The Morgan fingerprint density at radius 3 is 2.56 bits per heavy atom. The number of aromatic nitrogens is 2. The number of rotatable bonds is 8. The lowest BCUT2D eigenvalue weighted by Gasteiger charge is -2.12. The summed E-state index contributed by atoms with van der Waals surface area (Å²) >= 11 is 2.58. The van der Waals surface area contributed by atoms with E-state index in [0.29, 0.717) is 27.0 Å². The molecule has 3 N–H and O–H groups in total. The standard InChI is InChI=1S/C26H20N6O2S2/c1-34-18-9-5-8-17(12-18)21-15-36-26(30-21)31-22(33)10-11-35-25-20(14-28)23(16-6-3-2-4-7-16)19(13-27)24(29)32-25/h2-9,12,15H,10-11H2,1H3,(H2,29,32)(H,30,31,33). The number of anilines is 2. The van der Waals surface area contributed by atoms with Crippen molar-refractivity contribution < 1.29 is 9.53 Å². The molecule has 0 aliphatic carbocycles. The Bertz CT molecular complexity index is 1490. The van der Waals surface area contributed by atoms with Crippen LogP contribution >= 0.6 is 23.1 Å². The molecular weight excluding hydrogens is 492 g/mol. The van der Waals surface area contributed by atoms with E-state index in [4.69, 9.17) is 10.5 Å². The minimum Gasteiger partial charge on any atom is -0.497 e. The number of nitriles is 2. The molecule has 4 rings (SSSR count). The number of thioether (sulfide) groups is 1. The summed E-state index contributed by atoms with van der Waals surface area (Å²) < 4.78 is 5.25. The molecule has 1 amide bonds. The van der Waals surface area contributed by atoms with Crippen LogP contribution in [0.15, 0.2) is 65.0 Å². The van der Waals surface area contributed by atoms with Crippen molar-refractivity contribution in [2.75, 3.05) is 23.9 Å². The number of amides is 1. The van der Waals surface area contributed by atoms with Gasteiger partial charge in [0.2, 0.25) is 5.91 Å². The topological polar surface area (TPSA) is 138 Å². The number of nitrogen functional groups attached to an aromatic ring is 1. The Morgan fingerprint density at radius 2 is 1.83 bits per heavy atom. The smallest absolute Gasteiger partial charge is 0.226 e. The fourth-order valence-corrected chi connectivity index (χ4v) is 5.14. The van der Waals surface area contributed by atoms with Gasteiger partial charge in [0.15, 0.2) is 5.13 Å². The van der Waals surface area contributed by atoms with E-state index in [1.54, 1.807) is 7.11 Å². The van der Waals surface area contributed by atoms with Gasteiger partial charge in [-0.25, -0.2) is 9.97 Å². The molecule has 0 bridgehead atoms. The van der Waals surface area contributed by atoms with Gasteiger partial charge in [-0.05, 0) is 17.7 Å². The highest BCUT2D eigenvalue weighted by molar-refractivity contribution is 7.99. The maximum atomic E-state index is 12.5. The lowest BCUT2D eigenvalue weighted by atomic mass is 9.97. The van der Waals surface area contributed by atoms with Crippen LogP contribution in [-0.2, 0) is 4.79 Å². The highest BCUT2D eigenvalue weighted by Crippen LogP contribution is 2.35. The Kier molecular flexibility index (Phi) is 7.81. The number of hydrogen-bond acceptors (Lipinski definition) is 9. The second kappa shape index (κ2) is 11.4. The van der Waals surface area contributed by atoms with E-state index < -0.39 is 0 Å². The van der Waals surface area contributed by atoms with E-state index in [1.807, 2.05) is 60.0 Å². The number of thiazole rings is 1. The average Bonchev–Trinajstić information content (AvgIpc) is 3.37. The van der Waals surface area contributed by atoms with Crippen LogP contribution < -0.4 is 15.8 Å². The van der Waals surface area contributed by atoms with Crippen molar-refractivity contribution in [2.45, 2.75) is 11.4 Å². The van der Waals surface area contributed by atoms with Crippen LogP contribution in [-0.4, -0.2) is 28.7 Å². The zero-order valence-electron chi connectivity index (χ0n) is 19.2. The predicted octanol–water partition coefficient (Wildman–Crippen LogP) is 5.33. The average molecular weight is 513 g/mol. The van der Waals surface area contributed by atoms with Crippen molar-refractivity contribution >= 4 is 40.0 Å². The molecule has 0 aliphatic rings. The third kappa shape index (κ3) is 5.47. The van der Waals surface area contributed by atoms with Crippen LogP contribution in [0.5, 0.6) is 5.75 Å². The Labute approximate surface area is 216 Å². The van der Waals surface area contributed by atoms with Gasteiger partial charge in [0.05, 0.1) is 18.4 Å². The van der Waals surface area contributed by atoms with Crippen LogP contribution in [0.3, 0.4) is 0 Å². The summed E-state index contributed by atoms with van der Waals surface area (Å²) in [6.07, 6.45) is 0.172. The monoisotopic (exact) mass is 512 g/mol. The number of carbonyl (C=O) groups is 1. The normalized spacial score (nSPS) is 10.3. The third-order valence-corrected chi connectivity index (χ3v) is 6.90. The van der Waals surface area contributed by atoms with Crippen LogP contribution in [0, 0.1) is 22.7 Å². The molecule has 2 heterocycles. The van der Waals surface area contributed by atoms with Crippen molar-refractivity contribution in [3.05, 3.63) is 71.1 Å². The maximum Gasteiger partial charge on any atom is 0.226 e. The van der Waals surface area contributed by atoms with Gasteiger partial charge in [0.1, 0.15) is 34.3 Å². The first-order valence-corrected chi connectivity index (χ1v) is 12.6. The van der Waals surface area contributed by atoms with Crippen molar-refractivity contribution in [1.29, 1.82) is 10.5 Å². The minimum absolute atomic E-state index is 0.0511. The second-order valence-corrected chi connectivity index (χ2v) is 9.38. The Morgan fingerprint density at radius 1 is 1.08 bits per heavy atom. The molecular formula is C26H20N6O2S2. The number of pyridine rings is 1. The SMILES string of the molecule is COc1cccc(-c2csc(NC(=O)CCSc3nc(N)c(C#N)c(-c4ccccc4)c3C#N)n2)c1. The van der Waals surface area contributed by atoms with Gasteiger partial charge in [0.25, 0.3) is 0 Å². The number of nitrogens with two attached hydrogens (primary N) is 1. The van der Waals surface area contributed by atoms with E-state index in [0.717, 1.165) is 17.0 Å². The van der Waals surface area contributed by atoms with Gasteiger partial charge in [-0.1, -0.05) is 42.5 Å². The molecule has 0 unspecified atom stereocenters. The van der Waals surface area contributed by atoms with E-state index in [2.05, 4.69) is 27.4 Å². The molecule has 2 aromatic heterocycles. The molecule has 0 saturated carbocycles. The maximum absolute atomic E-state index is 12.5. The van der Waals surface area contributed by atoms with Crippen molar-refractivity contribution in [2.24, 2.45) is 0 Å². The number of nitrogens with zero attached hydrogens (tertiary/aromatic N) is 4. The molecule has 178 valence electrons. The fourth-order valence-electron chi connectivity index (χ4n) is 3.46. The zero-order valence-corrected chi connectivity index (χ0v) is 20.8. The van der Waals surface area contributed by atoms with Gasteiger partial charge < -0.3 is 15.8 Å². The molecule has 10 heteroatoms. The number of nitrogens with one attached hydrogen (secondary N) is 1. The second-order valence-electron chi connectivity index (χ2n) is 7.43. The lowest BCUT2D eigenvalue weighted by molar-refractivity contribution is -0.115. The fraction of sp³-hybridized carbons (Fsp3) is 0.115. The van der Waals surface area contributed by atoms with Crippen molar-refractivity contribution in [3.63, 3.8) is 0 Å². The van der Waals surface area contributed by atoms with E-state index in [-0.39, 0.29) is 29.3 Å². The molecule has 8 nitrogen and oxygen atoms in total. The summed E-state index contributed by atoms with van der Waals surface area (Å²) in [7, 11) is 1.60. The van der Waals surface area contributed by atoms with Crippen LogP contribution in [0.2, 0.25) is 0 Å². The van der Waals surface area contributed by atoms with Gasteiger partial charge in [-0.3, -0.25) is 4.79 Å². The number of ether oxygens (including phenoxy) is 1. The first kappa shape index (κ1) is 24.7. The highest BCUT2D eigenvalue weighted by Gasteiger charge is 2.20. The predicted molar refractivity (Wildman–Crippen MR) is 142 cm³/mol. The van der Waals surface area contributed by atoms with E-state index >= 15 is 0 Å². The van der Waals surface area contributed by atoms with E-state index in [9.17, 15) is 15.3 Å². The molecule has 0 atom stereocenters. The van der Waals surface area contributed by atoms with Crippen molar-refractivity contribution in [1.82, 2.24) is 9.97 Å². The number of methoxy groups -OCH3 is 1. The largest absolute Gasteiger partial charge is 0.497 e. The molecule has 0 radical (unpaired) electrons. The summed E-state index contributed by atoms with van der Waals surface area (Å²) in [5, 5.41) is 25.0. The summed E-state index contributed by atoms with van der Waals surface area (Å²) in [4.78, 5) is 21.3. The molecule has 36 heavy (non-hydrogen) atoms. The molecule has 0 spiro atoms. The zero-order chi connectivity index (χ0) is 25.5. The molecule has 2 aromatic carbocycles. The van der Waals surface area contributed by atoms with Gasteiger partial charge in [0, 0.05) is 28.7 Å². The number of hydrogen-bond donors (Lipinski definition) is 2. The summed E-state index contributed by atoms with van der Waals surface area (Å²) in [5.74, 6) is 0.932. The quantitative estimate of drug-likeness (QED) is 0.302. The number of carbonyl (C=O) groups excluding carboxylic acids is 1. The molecule has 4 aromatic rings. The van der Waals surface area contributed by atoms with Gasteiger partial charge in [-0.15, -0.1) is 23.1 Å². The first-order valence-electron chi connectivity index (χ1n) is 10.8. The molecule has 0 saturated heterocycles. The molecule has 0 aliphatic heterocycles. The van der Waals surface area contributed by atoms with E-state index in [1.165, 1.54) is 23.1 Å². The first-order chi connectivity index (χ1) is 17.5. The van der Waals surface area contributed by atoms with Crippen LogP contribution in [0.4, 0.5) is 10.9 Å². The molecule has 0 fully saturated rings. The van der Waals surface area contributed by atoms with Gasteiger partial charge in [-0.2, -0.15) is 10.5 Å². The summed E-state index contributed by atoms with van der Waals surface area (Å²) in [5.41, 5.74) is 9.26. The Balaban J connectivity index is 1.44. The highest BCUT2D eigenvalue weighted by atomic mass is 32.2. The van der Waals surface area contributed by atoms with Crippen LogP contribution in [0.25, 0.3) is 22.4 Å². The Hall–Kier alpha value is -4.38. The number of benzene rings is 2.